The summed E-state index contributed by atoms with van der Waals surface area (Å²) in [5, 5.41) is 0. The Hall–Kier alpha value is -2.41. The van der Waals surface area contributed by atoms with Gasteiger partial charge in [0.15, 0.2) is 11.5 Å². The number of hydrogen-bond acceptors (Lipinski definition) is 8. The molecule has 0 amide bonds. The van der Waals surface area contributed by atoms with E-state index in [1.54, 1.807) is 0 Å². The van der Waals surface area contributed by atoms with Crippen LogP contribution in [0.4, 0.5) is 5.82 Å². The lowest BCUT2D eigenvalue weighted by Crippen LogP contribution is -2.35. The smallest absolute Gasteiger partial charge is 0.257 e. The van der Waals surface area contributed by atoms with E-state index in [1.165, 1.54) is 40.8 Å². The molecule has 1 fully saturated rings. The van der Waals surface area contributed by atoms with Crippen LogP contribution in [0.25, 0.3) is 0 Å². The Morgan fingerprint density at radius 2 is 1.57 bits per heavy atom. The van der Waals surface area contributed by atoms with E-state index in [0.29, 0.717) is 37.8 Å². The van der Waals surface area contributed by atoms with E-state index in [9.17, 15) is 16.8 Å². The third-order valence-corrected chi connectivity index (χ3v) is 7.95. The number of hydrazine groups is 1. The highest BCUT2D eigenvalue weighted by molar-refractivity contribution is 7.89. The number of anilines is 1. The van der Waals surface area contributed by atoms with Crippen molar-refractivity contribution in [2.75, 3.05) is 31.7 Å². The fourth-order valence-corrected chi connectivity index (χ4v) is 5.56. The summed E-state index contributed by atoms with van der Waals surface area (Å²) < 4.78 is 62.6. The fraction of sp³-hybridized carbons (Fsp3) is 0.389. The Morgan fingerprint density at radius 3 is 2.27 bits per heavy atom. The van der Waals surface area contributed by atoms with Crippen molar-refractivity contribution in [3.63, 3.8) is 0 Å². The predicted octanol–water partition coefficient (Wildman–Crippen LogP) is 1.33. The number of nitrogens with one attached hydrogen (secondary N) is 2. The standard InChI is InChI=1S/C18H22N4O6S2/c23-29(24,14-4-6-16-17(12-14)28-11-10-27-16)21-20-18-7-5-15(13-19-18)30(25,26)22-8-2-1-3-9-22/h4-7,12-13,21H,1-3,8-11H2,(H,19,20). The first-order chi connectivity index (χ1) is 14.4. The molecule has 12 heteroatoms. The van der Waals surface area contributed by atoms with Crippen molar-refractivity contribution in [2.24, 2.45) is 0 Å². The number of fused-ring (bicyclic) bond motifs is 1. The Kier molecular flexibility index (Phi) is 5.82. The van der Waals surface area contributed by atoms with Gasteiger partial charge in [-0.05, 0) is 37.1 Å². The molecule has 2 aliphatic heterocycles. The van der Waals surface area contributed by atoms with E-state index < -0.39 is 20.0 Å². The number of nitrogens with zero attached hydrogens (tertiary/aromatic N) is 2. The highest BCUT2D eigenvalue weighted by Crippen LogP contribution is 2.32. The molecule has 0 atom stereocenters. The van der Waals surface area contributed by atoms with Crippen molar-refractivity contribution >= 4 is 25.9 Å². The number of benzene rings is 1. The summed E-state index contributed by atoms with van der Waals surface area (Å²) in [5.41, 5.74) is 2.49. The fourth-order valence-electron chi connectivity index (χ4n) is 3.23. The van der Waals surface area contributed by atoms with Gasteiger partial charge in [-0.15, -0.1) is 4.83 Å². The summed E-state index contributed by atoms with van der Waals surface area (Å²) in [6, 6.07) is 7.11. The number of hydrogen-bond donors (Lipinski definition) is 2. The molecule has 0 radical (unpaired) electrons. The Bertz CT molecular complexity index is 1110. The Balaban J connectivity index is 1.43. The maximum Gasteiger partial charge on any atom is 0.257 e. The quantitative estimate of drug-likeness (QED) is 0.626. The number of piperidine rings is 1. The number of pyridine rings is 1. The van der Waals surface area contributed by atoms with Gasteiger partial charge in [-0.25, -0.2) is 21.8 Å². The second-order valence-electron chi connectivity index (χ2n) is 6.88. The van der Waals surface area contributed by atoms with Crippen LogP contribution in [0.2, 0.25) is 0 Å². The lowest BCUT2D eigenvalue weighted by Gasteiger charge is -2.25. The minimum Gasteiger partial charge on any atom is -0.486 e. The largest absolute Gasteiger partial charge is 0.486 e. The number of ether oxygens (including phenoxy) is 2. The topological polar surface area (TPSA) is 127 Å². The summed E-state index contributed by atoms with van der Waals surface area (Å²) in [6.07, 6.45) is 3.92. The van der Waals surface area contributed by atoms with Crippen molar-refractivity contribution in [2.45, 2.75) is 29.1 Å². The van der Waals surface area contributed by atoms with E-state index in [4.69, 9.17) is 9.47 Å². The molecule has 10 nitrogen and oxygen atoms in total. The van der Waals surface area contributed by atoms with Crippen LogP contribution in [0.5, 0.6) is 11.5 Å². The summed E-state index contributed by atoms with van der Waals surface area (Å²) in [5.74, 6) is 1.00. The monoisotopic (exact) mass is 454 g/mol. The number of rotatable bonds is 6. The van der Waals surface area contributed by atoms with Crippen LogP contribution in [0.3, 0.4) is 0 Å². The maximum atomic E-state index is 12.7. The van der Waals surface area contributed by atoms with Crippen molar-refractivity contribution in [3.8, 4) is 11.5 Å². The molecule has 30 heavy (non-hydrogen) atoms. The first-order valence-corrected chi connectivity index (χ1v) is 12.4. The lowest BCUT2D eigenvalue weighted by atomic mass is 10.2. The van der Waals surface area contributed by atoms with E-state index in [0.717, 1.165) is 19.3 Å². The van der Waals surface area contributed by atoms with Gasteiger partial charge >= 0.3 is 0 Å². The van der Waals surface area contributed by atoms with Gasteiger partial charge < -0.3 is 9.47 Å². The molecule has 4 rings (SSSR count). The van der Waals surface area contributed by atoms with Crippen LogP contribution >= 0.6 is 0 Å². The molecule has 2 N–H and O–H groups in total. The normalized spacial score (nSPS) is 17.5. The third kappa shape index (κ3) is 4.36. The number of sulfonamides is 2. The molecular weight excluding hydrogens is 432 g/mol. The second kappa shape index (κ2) is 8.38. The second-order valence-corrected chi connectivity index (χ2v) is 10.5. The van der Waals surface area contributed by atoms with Crippen LogP contribution in [0.15, 0.2) is 46.3 Å². The van der Waals surface area contributed by atoms with Crippen LogP contribution in [0.1, 0.15) is 19.3 Å². The first kappa shape index (κ1) is 20.8. The van der Waals surface area contributed by atoms with E-state index >= 15 is 0 Å². The third-order valence-electron chi connectivity index (χ3n) is 4.83. The van der Waals surface area contributed by atoms with Gasteiger partial charge in [-0.1, -0.05) is 6.42 Å². The molecule has 0 bridgehead atoms. The Morgan fingerprint density at radius 1 is 0.867 bits per heavy atom. The summed E-state index contributed by atoms with van der Waals surface area (Å²) in [6.45, 7) is 1.75. The zero-order valence-corrected chi connectivity index (χ0v) is 17.7. The number of aromatic nitrogens is 1. The predicted molar refractivity (Wildman–Crippen MR) is 108 cm³/mol. The average Bonchev–Trinajstić information content (AvgIpc) is 2.78. The van der Waals surface area contributed by atoms with E-state index in [1.807, 2.05) is 0 Å². The zero-order chi connectivity index (χ0) is 21.2. The molecule has 1 aromatic carbocycles. The van der Waals surface area contributed by atoms with Gasteiger partial charge in [0.05, 0.1) is 4.90 Å². The van der Waals surface area contributed by atoms with Crippen LogP contribution in [-0.2, 0) is 20.0 Å². The van der Waals surface area contributed by atoms with Crippen molar-refractivity contribution < 1.29 is 26.3 Å². The minimum atomic E-state index is -3.91. The molecule has 2 aromatic rings. The van der Waals surface area contributed by atoms with Gasteiger partial charge in [0, 0.05) is 25.4 Å². The van der Waals surface area contributed by atoms with Crippen molar-refractivity contribution in [1.29, 1.82) is 0 Å². The van der Waals surface area contributed by atoms with Gasteiger partial charge in [-0.3, -0.25) is 5.43 Å². The summed E-state index contributed by atoms with van der Waals surface area (Å²) in [7, 11) is -7.51. The molecule has 0 saturated carbocycles. The molecule has 0 spiro atoms. The molecule has 0 aliphatic carbocycles. The minimum absolute atomic E-state index is 0.0106. The maximum absolute atomic E-state index is 12.7. The first-order valence-electron chi connectivity index (χ1n) is 9.50. The molecule has 1 aromatic heterocycles. The summed E-state index contributed by atoms with van der Waals surface area (Å²) in [4.78, 5) is 6.30. The van der Waals surface area contributed by atoms with Gasteiger partial charge in [0.1, 0.15) is 23.9 Å². The molecule has 3 heterocycles. The van der Waals surface area contributed by atoms with E-state index in [-0.39, 0.29) is 15.6 Å². The average molecular weight is 455 g/mol. The van der Waals surface area contributed by atoms with Gasteiger partial charge in [-0.2, -0.15) is 4.31 Å². The molecule has 0 unspecified atom stereocenters. The van der Waals surface area contributed by atoms with Crippen LogP contribution in [0, 0.1) is 0 Å². The highest BCUT2D eigenvalue weighted by atomic mass is 32.2. The highest BCUT2D eigenvalue weighted by Gasteiger charge is 2.26. The van der Waals surface area contributed by atoms with E-state index in [2.05, 4.69) is 15.2 Å². The molecule has 2 aliphatic rings. The lowest BCUT2D eigenvalue weighted by molar-refractivity contribution is 0.171. The summed E-state index contributed by atoms with van der Waals surface area (Å²) >= 11 is 0. The molecule has 162 valence electrons. The van der Waals surface area contributed by atoms with Crippen LogP contribution < -0.4 is 19.7 Å². The van der Waals surface area contributed by atoms with Crippen LogP contribution in [-0.4, -0.2) is 52.4 Å². The van der Waals surface area contributed by atoms with Gasteiger partial charge in [0.2, 0.25) is 10.0 Å². The SMILES string of the molecule is O=S(=O)(NNc1ccc(S(=O)(=O)N2CCCCC2)cn1)c1ccc2c(c1)OCCO2. The van der Waals surface area contributed by atoms with Gasteiger partial charge in [0.25, 0.3) is 10.0 Å². The van der Waals surface area contributed by atoms with Crippen molar-refractivity contribution in [1.82, 2.24) is 14.1 Å². The molecule has 1 saturated heterocycles. The molecular formula is C18H22N4O6S2. The van der Waals surface area contributed by atoms with Crippen molar-refractivity contribution in [3.05, 3.63) is 36.5 Å². The zero-order valence-electron chi connectivity index (χ0n) is 16.1. The Labute approximate surface area is 175 Å².